The van der Waals surface area contributed by atoms with Crippen LogP contribution in [0.5, 0.6) is 0 Å². The number of pyridine rings is 1. The molecule has 0 bridgehead atoms. The summed E-state index contributed by atoms with van der Waals surface area (Å²) >= 11 is 0. The monoisotopic (exact) mass is 244 g/mol. The summed E-state index contributed by atoms with van der Waals surface area (Å²) in [6.07, 6.45) is 1.69. The Morgan fingerprint density at radius 2 is 2.29 bits per heavy atom. The first-order valence-corrected chi connectivity index (χ1v) is 5.28. The molecule has 0 saturated carbocycles. The molecule has 0 aliphatic heterocycles. The van der Waals surface area contributed by atoms with Gasteiger partial charge in [0, 0.05) is 12.7 Å². The molecule has 1 rings (SSSR count). The second kappa shape index (κ2) is 6.24. The van der Waals surface area contributed by atoms with Gasteiger partial charge in [-0.1, -0.05) is 0 Å². The SMILES string of the molecule is CC(O)CCCNC(=O)c1ccnc(F)c1F. The number of nitrogens with one attached hydrogen (secondary N) is 1. The molecule has 0 aliphatic carbocycles. The van der Waals surface area contributed by atoms with Crippen LogP contribution in [0.25, 0.3) is 0 Å². The van der Waals surface area contributed by atoms with Crippen LogP contribution in [0.15, 0.2) is 12.3 Å². The highest BCUT2D eigenvalue weighted by Gasteiger charge is 2.15. The van der Waals surface area contributed by atoms with Crippen molar-refractivity contribution >= 4 is 5.91 Å². The third-order valence-electron chi connectivity index (χ3n) is 2.18. The molecule has 0 aromatic carbocycles. The summed E-state index contributed by atoms with van der Waals surface area (Å²) in [5, 5.41) is 11.4. The Morgan fingerprint density at radius 3 is 2.94 bits per heavy atom. The smallest absolute Gasteiger partial charge is 0.254 e. The standard InChI is InChI=1S/C11H14F2N2O2/c1-7(16)3-2-5-15-11(17)8-4-6-14-10(13)9(8)12/h4,6-7,16H,2-3,5H2,1H3,(H,15,17). The maximum absolute atomic E-state index is 13.2. The molecule has 0 spiro atoms. The van der Waals surface area contributed by atoms with Crippen molar-refractivity contribution in [3.8, 4) is 0 Å². The highest BCUT2D eigenvalue weighted by molar-refractivity contribution is 5.94. The molecule has 17 heavy (non-hydrogen) atoms. The van der Waals surface area contributed by atoms with E-state index in [2.05, 4.69) is 10.3 Å². The molecule has 0 saturated heterocycles. The van der Waals surface area contributed by atoms with Gasteiger partial charge in [-0.3, -0.25) is 4.79 Å². The number of rotatable bonds is 5. The van der Waals surface area contributed by atoms with Crippen LogP contribution in [0.3, 0.4) is 0 Å². The van der Waals surface area contributed by atoms with E-state index in [4.69, 9.17) is 5.11 Å². The third kappa shape index (κ3) is 4.07. The number of carbonyl (C=O) groups is 1. The summed E-state index contributed by atoms with van der Waals surface area (Å²) < 4.78 is 25.9. The van der Waals surface area contributed by atoms with E-state index >= 15 is 0 Å². The molecule has 1 unspecified atom stereocenters. The number of aromatic nitrogens is 1. The Kier molecular flexibility index (Phi) is 4.96. The Hall–Kier alpha value is -1.56. The molecule has 0 aliphatic rings. The maximum atomic E-state index is 13.2. The van der Waals surface area contributed by atoms with Gasteiger partial charge >= 0.3 is 0 Å². The fraction of sp³-hybridized carbons (Fsp3) is 0.455. The summed E-state index contributed by atoms with van der Waals surface area (Å²) in [7, 11) is 0. The van der Waals surface area contributed by atoms with Gasteiger partial charge in [0.1, 0.15) is 0 Å². The average Bonchev–Trinajstić information content (AvgIpc) is 2.27. The molecule has 94 valence electrons. The van der Waals surface area contributed by atoms with Crippen LogP contribution >= 0.6 is 0 Å². The lowest BCUT2D eigenvalue weighted by Crippen LogP contribution is -2.26. The summed E-state index contributed by atoms with van der Waals surface area (Å²) in [5.74, 6) is -3.23. The van der Waals surface area contributed by atoms with Gasteiger partial charge in [0.25, 0.3) is 5.91 Å². The Balaban J connectivity index is 2.50. The topological polar surface area (TPSA) is 62.2 Å². The first-order chi connectivity index (χ1) is 8.02. The van der Waals surface area contributed by atoms with Gasteiger partial charge in [-0.15, -0.1) is 0 Å². The minimum Gasteiger partial charge on any atom is -0.393 e. The summed E-state index contributed by atoms with van der Waals surface area (Å²) in [4.78, 5) is 14.5. The minimum absolute atomic E-state index is 0.299. The highest BCUT2D eigenvalue weighted by atomic mass is 19.2. The van der Waals surface area contributed by atoms with Gasteiger partial charge < -0.3 is 10.4 Å². The highest BCUT2D eigenvalue weighted by Crippen LogP contribution is 2.08. The van der Waals surface area contributed by atoms with E-state index in [0.717, 1.165) is 12.3 Å². The zero-order valence-corrected chi connectivity index (χ0v) is 9.41. The van der Waals surface area contributed by atoms with Gasteiger partial charge in [0.05, 0.1) is 11.7 Å². The number of aliphatic hydroxyl groups is 1. The maximum Gasteiger partial charge on any atom is 0.254 e. The summed E-state index contributed by atoms with van der Waals surface area (Å²) in [6.45, 7) is 1.94. The van der Waals surface area contributed by atoms with Crippen LogP contribution < -0.4 is 5.32 Å². The number of halogens is 2. The number of amides is 1. The average molecular weight is 244 g/mol. The molecular formula is C11H14F2N2O2. The van der Waals surface area contributed by atoms with E-state index in [1.54, 1.807) is 6.92 Å². The van der Waals surface area contributed by atoms with Gasteiger partial charge in [0.2, 0.25) is 5.95 Å². The number of aliphatic hydroxyl groups excluding tert-OH is 1. The van der Waals surface area contributed by atoms with Crippen LogP contribution in [0.1, 0.15) is 30.1 Å². The van der Waals surface area contributed by atoms with Crippen molar-refractivity contribution in [2.75, 3.05) is 6.54 Å². The first-order valence-electron chi connectivity index (χ1n) is 5.28. The zero-order chi connectivity index (χ0) is 12.8. The number of hydrogen-bond acceptors (Lipinski definition) is 3. The lowest BCUT2D eigenvalue weighted by Gasteiger charge is -2.07. The molecular weight excluding hydrogens is 230 g/mol. The zero-order valence-electron chi connectivity index (χ0n) is 9.41. The van der Waals surface area contributed by atoms with Crippen molar-refractivity contribution in [2.24, 2.45) is 0 Å². The first kappa shape index (κ1) is 13.5. The second-order valence-electron chi connectivity index (χ2n) is 3.71. The molecule has 6 heteroatoms. The van der Waals surface area contributed by atoms with E-state index in [0.29, 0.717) is 19.4 Å². The summed E-state index contributed by atoms with van der Waals surface area (Å²) in [6, 6.07) is 1.11. The molecule has 1 aromatic rings. The Bertz CT molecular complexity index is 397. The fourth-order valence-electron chi connectivity index (χ4n) is 1.29. The predicted molar refractivity (Wildman–Crippen MR) is 57.4 cm³/mol. The van der Waals surface area contributed by atoms with E-state index in [9.17, 15) is 13.6 Å². The molecule has 0 radical (unpaired) electrons. The van der Waals surface area contributed by atoms with E-state index in [-0.39, 0.29) is 5.56 Å². The van der Waals surface area contributed by atoms with Gasteiger partial charge in [-0.05, 0) is 25.8 Å². The van der Waals surface area contributed by atoms with Crippen molar-refractivity contribution in [2.45, 2.75) is 25.9 Å². The Morgan fingerprint density at radius 1 is 1.59 bits per heavy atom. The second-order valence-corrected chi connectivity index (χ2v) is 3.71. The van der Waals surface area contributed by atoms with Gasteiger partial charge in [0.15, 0.2) is 5.82 Å². The summed E-state index contributed by atoms with van der Waals surface area (Å²) in [5.41, 5.74) is -0.366. The van der Waals surface area contributed by atoms with Crippen molar-refractivity contribution in [3.63, 3.8) is 0 Å². The predicted octanol–water partition coefficient (Wildman–Crippen LogP) is 1.25. The number of hydrogen-bond donors (Lipinski definition) is 2. The van der Waals surface area contributed by atoms with E-state index in [1.165, 1.54) is 0 Å². The van der Waals surface area contributed by atoms with Crippen LogP contribution in [-0.4, -0.2) is 28.6 Å². The lowest BCUT2D eigenvalue weighted by atomic mass is 10.2. The molecule has 4 nitrogen and oxygen atoms in total. The molecule has 2 N–H and O–H groups in total. The lowest BCUT2D eigenvalue weighted by molar-refractivity contribution is 0.0944. The van der Waals surface area contributed by atoms with Gasteiger partial charge in [-0.2, -0.15) is 4.39 Å². The molecule has 0 fully saturated rings. The van der Waals surface area contributed by atoms with E-state index < -0.39 is 23.8 Å². The molecule has 1 aromatic heterocycles. The quantitative estimate of drug-likeness (QED) is 0.605. The van der Waals surface area contributed by atoms with Crippen molar-refractivity contribution < 1.29 is 18.7 Å². The van der Waals surface area contributed by atoms with Crippen LogP contribution in [0.2, 0.25) is 0 Å². The van der Waals surface area contributed by atoms with E-state index in [1.807, 2.05) is 0 Å². The van der Waals surface area contributed by atoms with Crippen molar-refractivity contribution in [3.05, 3.63) is 29.6 Å². The van der Waals surface area contributed by atoms with Crippen LogP contribution in [0, 0.1) is 11.8 Å². The molecule has 1 amide bonds. The fourth-order valence-corrected chi connectivity index (χ4v) is 1.29. The Labute approximate surface area is 97.7 Å². The normalized spacial score (nSPS) is 12.2. The largest absolute Gasteiger partial charge is 0.393 e. The molecule has 1 heterocycles. The van der Waals surface area contributed by atoms with Gasteiger partial charge in [-0.25, -0.2) is 9.37 Å². The van der Waals surface area contributed by atoms with Crippen molar-refractivity contribution in [1.82, 2.24) is 10.3 Å². The number of nitrogens with zero attached hydrogens (tertiary/aromatic N) is 1. The van der Waals surface area contributed by atoms with Crippen LogP contribution in [0.4, 0.5) is 8.78 Å². The van der Waals surface area contributed by atoms with Crippen LogP contribution in [-0.2, 0) is 0 Å². The minimum atomic E-state index is -1.29. The third-order valence-corrected chi connectivity index (χ3v) is 2.18. The molecule has 1 atom stereocenters. The van der Waals surface area contributed by atoms with Crippen molar-refractivity contribution in [1.29, 1.82) is 0 Å². The number of carbonyl (C=O) groups excluding carboxylic acids is 1.